The van der Waals surface area contributed by atoms with E-state index in [1.165, 1.54) is 16.3 Å². The maximum atomic E-state index is 12.0. The molecule has 1 atom stereocenters. The van der Waals surface area contributed by atoms with Gasteiger partial charge in [0.05, 0.1) is 18.6 Å². The van der Waals surface area contributed by atoms with Crippen LogP contribution in [0.15, 0.2) is 42.5 Å². The Bertz CT molecular complexity index is 800. The molecule has 0 aliphatic rings. The second-order valence-electron chi connectivity index (χ2n) is 7.94. The average molecular weight is 431 g/mol. The quantitative estimate of drug-likeness (QED) is 0.436. The lowest BCUT2D eigenvalue weighted by Gasteiger charge is -2.37. The molecule has 2 rings (SSSR count). The summed E-state index contributed by atoms with van der Waals surface area (Å²) < 4.78 is 17.4. The number of ether oxygens (including phenoxy) is 3. The number of amides is 1. The van der Waals surface area contributed by atoms with Crippen molar-refractivity contribution < 1.29 is 19.0 Å². The van der Waals surface area contributed by atoms with Gasteiger partial charge in [-0.25, -0.2) is 0 Å². The lowest BCUT2D eigenvalue weighted by molar-refractivity contribution is -0.167. The van der Waals surface area contributed by atoms with Crippen LogP contribution in [0.1, 0.15) is 38.7 Å². The highest BCUT2D eigenvalue weighted by Crippen LogP contribution is 2.29. The third kappa shape index (κ3) is 7.58. The van der Waals surface area contributed by atoms with Crippen LogP contribution in [0.5, 0.6) is 0 Å². The number of nitrogens with two attached hydrogens (primary N) is 1. The molecule has 1 unspecified atom stereocenters. The van der Waals surface area contributed by atoms with Crippen LogP contribution >= 0.6 is 0 Å². The fourth-order valence-corrected chi connectivity index (χ4v) is 4.12. The van der Waals surface area contributed by atoms with Gasteiger partial charge >= 0.3 is 0 Å². The molecule has 172 valence electrons. The van der Waals surface area contributed by atoms with Gasteiger partial charge in [-0.3, -0.25) is 4.79 Å². The van der Waals surface area contributed by atoms with Crippen LogP contribution in [-0.4, -0.2) is 63.2 Å². The molecule has 0 aliphatic heterocycles. The third-order valence-corrected chi connectivity index (χ3v) is 6.00. The largest absolute Gasteiger partial charge is 0.374 e. The second kappa shape index (κ2) is 12.8. The van der Waals surface area contributed by atoms with Crippen molar-refractivity contribution in [2.24, 2.45) is 5.73 Å². The van der Waals surface area contributed by atoms with Crippen molar-refractivity contribution in [3.63, 3.8) is 0 Å². The van der Waals surface area contributed by atoms with Gasteiger partial charge in [-0.1, -0.05) is 56.3 Å². The van der Waals surface area contributed by atoms with Crippen LogP contribution in [0.3, 0.4) is 0 Å². The van der Waals surface area contributed by atoms with Crippen molar-refractivity contribution in [2.75, 3.05) is 40.5 Å². The number of nitrogens with zero attached hydrogens (tertiary/aromatic N) is 1. The van der Waals surface area contributed by atoms with E-state index < -0.39 is 11.9 Å². The van der Waals surface area contributed by atoms with Gasteiger partial charge in [0.25, 0.3) is 0 Å². The van der Waals surface area contributed by atoms with E-state index in [-0.39, 0.29) is 12.3 Å². The Hall–Kier alpha value is -1.99. The topological polar surface area (TPSA) is 74.0 Å². The fraction of sp³-hybridized carbons (Fsp3) is 0.560. The van der Waals surface area contributed by atoms with E-state index in [0.29, 0.717) is 19.4 Å². The van der Waals surface area contributed by atoms with Crippen LogP contribution in [0.25, 0.3) is 10.8 Å². The van der Waals surface area contributed by atoms with E-state index in [4.69, 9.17) is 19.9 Å². The number of hydrogen-bond acceptors (Lipinski definition) is 5. The molecule has 0 aromatic heterocycles. The first kappa shape index (κ1) is 25.3. The van der Waals surface area contributed by atoms with Crippen molar-refractivity contribution >= 4 is 16.7 Å². The molecule has 1 amide bonds. The van der Waals surface area contributed by atoms with Crippen molar-refractivity contribution in [1.82, 2.24) is 4.90 Å². The number of primary amides is 1. The number of fused-ring (bicyclic) bond motifs is 1. The molecule has 0 fully saturated rings. The van der Waals surface area contributed by atoms with Gasteiger partial charge in [0.1, 0.15) is 0 Å². The summed E-state index contributed by atoms with van der Waals surface area (Å²) in [5.74, 6) is -0.379. The Morgan fingerprint density at radius 3 is 2.39 bits per heavy atom. The summed E-state index contributed by atoms with van der Waals surface area (Å²) in [7, 11) is 3.20. The molecular formula is C25H38N2O4. The summed E-state index contributed by atoms with van der Waals surface area (Å²) in [4.78, 5) is 14.3. The average Bonchev–Trinajstić information content (AvgIpc) is 2.78. The van der Waals surface area contributed by atoms with E-state index in [0.717, 1.165) is 26.1 Å². The molecule has 0 saturated carbocycles. The highest BCUT2D eigenvalue weighted by Gasteiger charge is 2.36. The zero-order valence-electron chi connectivity index (χ0n) is 19.4. The van der Waals surface area contributed by atoms with Crippen molar-refractivity contribution in [3.8, 4) is 0 Å². The van der Waals surface area contributed by atoms with Crippen LogP contribution in [0.2, 0.25) is 0 Å². The Morgan fingerprint density at radius 1 is 1.06 bits per heavy atom. The first-order valence-electron chi connectivity index (χ1n) is 11.1. The standard InChI is InChI=1S/C25H38N2O4/c1-5-27(6-2)16-15-25(18-23(26)28,19-24(29-3)30-4)31-17-14-21-12-9-11-20-10-7-8-13-22(20)21/h7-13,24H,5-6,14-19H2,1-4H3,(H2,26,28). The minimum absolute atomic E-state index is 0.132. The summed E-state index contributed by atoms with van der Waals surface area (Å²) in [6, 6.07) is 14.7. The lowest BCUT2D eigenvalue weighted by Crippen LogP contribution is -2.44. The van der Waals surface area contributed by atoms with Crippen LogP contribution in [0.4, 0.5) is 0 Å². The van der Waals surface area contributed by atoms with Crippen LogP contribution in [-0.2, 0) is 25.4 Å². The van der Waals surface area contributed by atoms with E-state index >= 15 is 0 Å². The summed E-state index contributed by atoms with van der Waals surface area (Å²) in [6.45, 7) is 7.45. The number of carbonyl (C=O) groups excluding carboxylic acids is 1. The highest BCUT2D eigenvalue weighted by molar-refractivity contribution is 5.85. The Balaban J connectivity index is 2.20. The molecule has 2 aromatic carbocycles. The Kier molecular flexibility index (Phi) is 10.4. The molecular weight excluding hydrogens is 392 g/mol. The molecule has 0 radical (unpaired) electrons. The molecule has 6 nitrogen and oxygen atoms in total. The summed E-state index contributed by atoms with van der Waals surface area (Å²) in [5.41, 5.74) is 6.14. The predicted octanol–water partition coefficient (Wildman–Crippen LogP) is 3.75. The van der Waals surface area contributed by atoms with Gasteiger partial charge in [-0.05, 0) is 42.3 Å². The number of rotatable bonds is 15. The molecule has 0 heterocycles. The number of methoxy groups -OCH3 is 2. The van der Waals surface area contributed by atoms with Crippen LogP contribution < -0.4 is 5.73 Å². The molecule has 2 N–H and O–H groups in total. The van der Waals surface area contributed by atoms with Crippen molar-refractivity contribution in [1.29, 1.82) is 0 Å². The summed E-state index contributed by atoms with van der Waals surface area (Å²) >= 11 is 0. The van der Waals surface area contributed by atoms with E-state index in [1.54, 1.807) is 14.2 Å². The second-order valence-corrected chi connectivity index (χ2v) is 7.94. The Labute approximate surface area is 186 Å². The number of benzene rings is 2. The van der Waals surface area contributed by atoms with Gasteiger partial charge in [-0.15, -0.1) is 0 Å². The highest BCUT2D eigenvalue weighted by atomic mass is 16.7. The molecule has 0 aliphatic carbocycles. The molecule has 0 saturated heterocycles. The lowest BCUT2D eigenvalue weighted by atomic mass is 9.89. The third-order valence-electron chi connectivity index (χ3n) is 6.00. The Morgan fingerprint density at radius 2 is 1.74 bits per heavy atom. The van der Waals surface area contributed by atoms with E-state index in [1.807, 2.05) is 6.07 Å². The fourth-order valence-electron chi connectivity index (χ4n) is 4.12. The number of hydrogen-bond donors (Lipinski definition) is 1. The van der Waals surface area contributed by atoms with Gasteiger partial charge < -0.3 is 24.8 Å². The van der Waals surface area contributed by atoms with Crippen molar-refractivity contribution in [3.05, 3.63) is 48.0 Å². The number of carbonyl (C=O) groups is 1. The van der Waals surface area contributed by atoms with Gasteiger partial charge in [0.15, 0.2) is 6.29 Å². The van der Waals surface area contributed by atoms with E-state index in [9.17, 15) is 4.79 Å². The monoisotopic (exact) mass is 430 g/mol. The molecule has 0 spiro atoms. The first-order valence-corrected chi connectivity index (χ1v) is 11.1. The molecule has 31 heavy (non-hydrogen) atoms. The summed E-state index contributed by atoms with van der Waals surface area (Å²) in [6.07, 6.45) is 1.54. The van der Waals surface area contributed by atoms with E-state index in [2.05, 4.69) is 55.1 Å². The minimum atomic E-state index is -0.740. The maximum Gasteiger partial charge on any atom is 0.220 e. The van der Waals surface area contributed by atoms with Gasteiger partial charge in [-0.2, -0.15) is 0 Å². The smallest absolute Gasteiger partial charge is 0.220 e. The zero-order valence-corrected chi connectivity index (χ0v) is 19.4. The molecule has 2 aromatic rings. The van der Waals surface area contributed by atoms with Crippen molar-refractivity contribution in [2.45, 2.75) is 51.4 Å². The van der Waals surface area contributed by atoms with Crippen LogP contribution in [0, 0.1) is 0 Å². The SMILES string of the molecule is CCN(CC)CCC(CC(N)=O)(CC(OC)OC)OCCc1cccc2ccccc12. The molecule has 0 bridgehead atoms. The van der Waals surface area contributed by atoms with Gasteiger partial charge in [0.2, 0.25) is 5.91 Å². The predicted molar refractivity (Wildman–Crippen MR) is 125 cm³/mol. The first-order chi connectivity index (χ1) is 15.0. The molecule has 6 heteroatoms. The minimum Gasteiger partial charge on any atom is -0.374 e. The normalized spacial score (nSPS) is 13.7. The maximum absolute atomic E-state index is 12.0. The van der Waals surface area contributed by atoms with Gasteiger partial charge in [0, 0.05) is 27.2 Å². The summed E-state index contributed by atoms with van der Waals surface area (Å²) in [5, 5.41) is 2.44. The zero-order chi connectivity index (χ0) is 22.7.